The van der Waals surface area contributed by atoms with Crippen molar-refractivity contribution in [3.63, 3.8) is 0 Å². The van der Waals surface area contributed by atoms with Crippen molar-refractivity contribution in [2.75, 3.05) is 43.6 Å². The number of anilines is 2. The van der Waals surface area contributed by atoms with Crippen LogP contribution in [0.2, 0.25) is 0 Å². The largest absolute Gasteiger partial charge is 0.382 e. The van der Waals surface area contributed by atoms with Crippen LogP contribution in [0.5, 0.6) is 0 Å². The van der Waals surface area contributed by atoms with Gasteiger partial charge in [0.2, 0.25) is 0 Å². The number of pyridine rings is 1. The molecule has 0 unspecified atom stereocenters. The molecule has 4 rings (SSSR count). The zero-order valence-electron chi connectivity index (χ0n) is 17.6. The number of nitrogens with one attached hydrogen (secondary N) is 2. The summed E-state index contributed by atoms with van der Waals surface area (Å²) in [7, 11) is -2.73. The van der Waals surface area contributed by atoms with Crippen molar-refractivity contribution in [1.82, 2.24) is 29.8 Å². The summed E-state index contributed by atoms with van der Waals surface area (Å²) in [5.41, 5.74) is 7.37. The predicted octanol–water partition coefficient (Wildman–Crippen LogP) is 0.581. The fraction of sp³-hybridized carbons (Fsp3) is 0.474. The zero-order valence-corrected chi connectivity index (χ0v) is 18.5. The maximum atomic E-state index is 12.5. The number of aromatic amines is 1. The maximum Gasteiger partial charge on any atom is 0.328 e. The van der Waals surface area contributed by atoms with Crippen LogP contribution in [0.25, 0.3) is 11.2 Å². The number of imidazole rings is 1. The lowest BCUT2D eigenvalue weighted by atomic mass is 10.0. The van der Waals surface area contributed by atoms with Gasteiger partial charge >= 0.3 is 5.69 Å². The highest BCUT2D eigenvalue weighted by atomic mass is 31.2. The van der Waals surface area contributed by atoms with Crippen molar-refractivity contribution >= 4 is 35.5 Å². The standard InChI is InChI=1S/C19H27N8O2P/c1-19(2)11-26(8-7-22-19)13-6-5-12(9-21-13)10-27-16-14(23-18(27)28)15(20)24-17(25-16)30(3,4)29/h5-6,9,22H,7-8,10-11H2,1-4H3,(H,23,28)(H2,20,24,25). The van der Waals surface area contributed by atoms with Gasteiger partial charge in [-0.15, -0.1) is 0 Å². The van der Waals surface area contributed by atoms with Gasteiger partial charge in [-0.1, -0.05) is 6.07 Å². The molecule has 3 aromatic rings. The van der Waals surface area contributed by atoms with Crippen LogP contribution in [0.4, 0.5) is 11.6 Å². The van der Waals surface area contributed by atoms with E-state index < -0.39 is 7.14 Å². The Morgan fingerprint density at radius 2 is 2.03 bits per heavy atom. The molecular weight excluding hydrogens is 403 g/mol. The number of nitrogen functional groups attached to an aromatic ring is 1. The Morgan fingerprint density at radius 3 is 2.67 bits per heavy atom. The second kappa shape index (κ2) is 7.21. The first kappa shape index (κ1) is 20.6. The normalized spacial score (nSPS) is 16.9. The molecule has 1 aliphatic rings. The minimum atomic E-state index is -2.73. The fourth-order valence-electron chi connectivity index (χ4n) is 3.64. The molecule has 11 heteroatoms. The number of hydrogen-bond acceptors (Lipinski definition) is 8. The summed E-state index contributed by atoms with van der Waals surface area (Å²) in [5.74, 6) is 1.02. The third-order valence-electron chi connectivity index (χ3n) is 5.17. The zero-order chi connectivity index (χ0) is 21.7. The number of nitrogens with zero attached hydrogens (tertiary/aromatic N) is 5. The predicted molar refractivity (Wildman–Crippen MR) is 119 cm³/mol. The summed E-state index contributed by atoms with van der Waals surface area (Å²) in [4.78, 5) is 30.6. The van der Waals surface area contributed by atoms with E-state index in [4.69, 9.17) is 5.73 Å². The molecular formula is C19H27N8O2P. The summed E-state index contributed by atoms with van der Waals surface area (Å²) < 4.78 is 13.9. The molecule has 0 aromatic carbocycles. The van der Waals surface area contributed by atoms with Crippen LogP contribution in [0, 0.1) is 0 Å². The van der Waals surface area contributed by atoms with Crippen LogP contribution in [-0.2, 0) is 11.1 Å². The van der Waals surface area contributed by atoms with E-state index in [0.29, 0.717) is 11.2 Å². The number of piperazine rings is 1. The molecule has 4 heterocycles. The van der Waals surface area contributed by atoms with Crippen LogP contribution in [0.15, 0.2) is 23.1 Å². The smallest absolute Gasteiger partial charge is 0.328 e. The van der Waals surface area contributed by atoms with Crippen molar-refractivity contribution in [2.24, 2.45) is 0 Å². The Hall–Kier alpha value is -2.71. The van der Waals surface area contributed by atoms with Gasteiger partial charge in [0.05, 0.1) is 6.54 Å². The summed E-state index contributed by atoms with van der Waals surface area (Å²) >= 11 is 0. The first-order chi connectivity index (χ1) is 14.0. The van der Waals surface area contributed by atoms with Gasteiger partial charge in [0.25, 0.3) is 0 Å². The fourth-order valence-corrected chi connectivity index (χ4v) is 4.33. The summed E-state index contributed by atoms with van der Waals surface area (Å²) in [6, 6.07) is 3.93. The number of rotatable bonds is 4. The van der Waals surface area contributed by atoms with E-state index in [1.165, 1.54) is 4.57 Å². The molecule has 0 atom stereocenters. The molecule has 0 radical (unpaired) electrons. The van der Waals surface area contributed by atoms with Crippen molar-refractivity contribution in [2.45, 2.75) is 25.9 Å². The van der Waals surface area contributed by atoms with Crippen molar-refractivity contribution < 1.29 is 4.57 Å². The monoisotopic (exact) mass is 430 g/mol. The Labute approximate surface area is 174 Å². The van der Waals surface area contributed by atoms with Crippen molar-refractivity contribution in [3.05, 3.63) is 34.4 Å². The van der Waals surface area contributed by atoms with Crippen LogP contribution in [0.1, 0.15) is 19.4 Å². The molecule has 0 bridgehead atoms. The molecule has 30 heavy (non-hydrogen) atoms. The maximum absolute atomic E-state index is 12.5. The third-order valence-corrected chi connectivity index (χ3v) is 6.33. The van der Waals surface area contributed by atoms with Gasteiger partial charge < -0.3 is 25.5 Å². The lowest BCUT2D eigenvalue weighted by Crippen LogP contribution is -2.57. The summed E-state index contributed by atoms with van der Waals surface area (Å²) in [5, 5.41) is 3.49. The minimum Gasteiger partial charge on any atom is -0.382 e. The van der Waals surface area contributed by atoms with Gasteiger partial charge in [0, 0.05) is 31.4 Å². The Balaban J connectivity index is 1.64. The highest BCUT2D eigenvalue weighted by molar-refractivity contribution is 7.69. The summed E-state index contributed by atoms with van der Waals surface area (Å²) in [6.45, 7) is 10.4. The van der Waals surface area contributed by atoms with E-state index in [1.54, 1.807) is 19.5 Å². The molecule has 0 amide bonds. The summed E-state index contributed by atoms with van der Waals surface area (Å²) in [6.07, 6.45) is 1.77. The van der Waals surface area contributed by atoms with Gasteiger partial charge in [0.1, 0.15) is 18.5 Å². The first-order valence-corrected chi connectivity index (χ1v) is 12.4. The SMILES string of the molecule is CC1(C)CN(c2ccc(Cn3c(=O)[nH]c4c(N)nc(P(C)(C)=O)nc43)cn2)CCN1. The van der Waals surface area contributed by atoms with E-state index in [1.807, 2.05) is 12.1 Å². The second-order valence-corrected chi connectivity index (χ2v) is 11.8. The molecule has 0 saturated carbocycles. The molecule has 10 nitrogen and oxygen atoms in total. The van der Waals surface area contributed by atoms with Gasteiger partial charge in [0.15, 0.2) is 17.0 Å². The lowest BCUT2D eigenvalue weighted by Gasteiger charge is -2.39. The molecule has 1 saturated heterocycles. The average Bonchev–Trinajstić information content (AvgIpc) is 2.97. The van der Waals surface area contributed by atoms with Crippen LogP contribution >= 0.6 is 7.14 Å². The van der Waals surface area contributed by atoms with E-state index in [9.17, 15) is 9.36 Å². The second-order valence-electron chi connectivity index (χ2n) is 8.73. The number of fused-ring (bicyclic) bond motifs is 1. The molecule has 0 spiro atoms. The van der Waals surface area contributed by atoms with E-state index in [2.05, 4.69) is 44.0 Å². The van der Waals surface area contributed by atoms with Gasteiger partial charge in [-0.3, -0.25) is 4.57 Å². The molecule has 1 fully saturated rings. The molecule has 160 valence electrons. The Morgan fingerprint density at radius 1 is 1.27 bits per heavy atom. The van der Waals surface area contributed by atoms with E-state index >= 15 is 0 Å². The number of H-pyrrole nitrogens is 1. The highest BCUT2D eigenvalue weighted by Gasteiger charge is 2.26. The molecule has 0 aliphatic carbocycles. The highest BCUT2D eigenvalue weighted by Crippen LogP contribution is 2.33. The van der Waals surface area contributed by atoms with Gasteiger partial charge in [-0.05, 0) is 38.8 Å². The quantitative estimate of drug-likeness (QED) is 0.512. The number of hydrogen-bond donors (Lipinski definition) is 3. The van der Waals surface area contributed by atoms with Gasteiger partial charge in [-0.2, -0.15) is 0 Å². The van der Waals surface area contributed by atoms with Gasteiger partial charge in [-0.25, -0.2) is 19.7 Å². The minimum absolute atomic E-state index is 0.0330. The van der Waals surface area contributed by atoms with E-state index in [0.717, 1.165) is 31.0 Å². The average molecular weight is 430 g/mol. The molecule has 4 N–H and O–H groups in total. The lowest BCUT2D eigenvalue weighted by molar-refractivity contribution is 0.352. The molecule has 3 aromatic heterocycles. The van der Waals surface area contributed by atoms with Crippen LogP contribution in [0.3, 0.4) is 0 Å². The molecule has 1 aliphatic heterocycles. The topological polar surface area (TPSA) is 135 Å². The van der Waals surface area contributed by atoms with Crippen LogP contribution in [-0.4, -0.2) is 63.0 Å². The van der Waals surface area contributed by atoms with Crippen LogP contribution < -0.4 is 27.2 Å². The Bertz CT molecular complexity index is 1190. The first-order valence-electron chi connectivity index (χ1n) is 9.80. The van der Waals surface area contributed by atoms with Crippen molar-refractivity contribution in [3.8, 4) is 0 Å². The van der Waals surface area contributed by atoms with E-state index in [-0.39, 0.29) is 29.2 Å². The Kier molecular flexibility index (Phi) is 4.94. The third kappa shape index (κ3) is 3.97. The van der Waals surface area contributed by atoms with Crippen molar-refractivity contribution in [1.29, 1.82) is 0 Å². The number of nitrogens with two attached hydrogens (primary N) is 1. The number of aromatic nitrogens is 5.